The Balaban J connectivity index is 1.61. The molecule has 1 aliphatic heterocycles. The molecule has 0 saturated carbocycles. The number of ether oxygens (including phenoxy) is 1. The molecule has 1 fully saturated rings. The van der Waals surface area contributed by atoms with E-state index in [1.165, 1.54) is 24.3 Å². The number of carbonyl (C=O) groups excluding carboxylic acids is 1. The number of β-amino-alcohol motifs (C(OH)–C–C–N with tert-alkyl or cyclic N) is 1. The number of alkyl halides is 3. The van der Waals surface area contributed by atoms with Crippen molar-refractivity contribution in [2.75, 3.05) is 39.4 Å². The lowest BCUT2D eigenvalue weighted by Gasteiger charge is -2.28. The Kier molecular flexibility index (Phi) is 6.63. The third-order valence-electron chi connectivity index (χ3n) is 5.44. The summed E-state index contributed by atoms with van der Waals surface area (Å²) >= 11 is 0. The van der Waals surface area contributed by atoms with Crippen LogP contribution in [0.15, 0.2) is 34.9 Å². The van der Waals surface area contributed by atoms with Crippen molar-refractivity contribution in [3.05, 3.63) is 47.2 Å². The third-order valence-corrected chi connectivity index (χ3v) is 5.44. The highest BCUT2D eigenvalue weighted by Crippen LogP contribution is 2.37. The van der Waals surface area contributed by atoms with E-state index in [2.05, 4.69) is 15.5 Å². The molecule has 0 spiro atoms. The van der Waals surface area contributed by atoms with Gasteiger partial charge in [0.2, 0.25) is 0 Å². The molecule has 33 heavy (non-hydrogen) atoms. The molecule has 1 aliphatic rings. The van der Waals surface area contributed by atoms with Crippen LogP contribution in [0.1, 0.15) is 21.6 Å². The summed E-state index contributed by atoms with van der Waals surface area (Å²) < 4.78 is 51.0. The minimum Gasteiger partial charge on any atom is -0.390 e. The van der Waals surface area contributed by atoms with Crippen LogP contribution >= 0.6 is 0 Å². The van der Waals surface area contributed by atoms with Gasteiger partial charge in [-0.05, 0) is 19.1 Å². The van der Waals surface area contributed by atoms with E-state index < -0.39 is 23.8 Å². The molecule has 3 heterocycles. The summed E-state index contributed by atoms with van der Waals surface area (Å²) in [6, 6.07) is 6.28. The number of nitrogens with zero attached hydrogens (tertiary/aromatic N) is 3. The van der Waals surface area contributed by atoms with Crippen LogP contribution in [0.3, 0.4) is 0 Å². The molecule has 3 aromatic rings. The predicted octanol–water partition coefficient (Wildman–Crippen LogP) is 2.64. The monoisotopic (exact) mass is 464 g/mol. The summed E-state index contributed by atoms with van der Waals surface area (Å²) in [5.41, 5.74) is -0.703. The number of rotatable bonds is 6. The van der Waals surface area contributed by atoms with E-state index in [1.54, 1.807) is 6.92 Å². The maximum Gasteiger partial charge on any atom is 0.417 e. The molecule has 176 valence electrons. The van der Waals surface area contributed by atoms with Crippen LogP contribution in [0.25, 0.3) is 22.4 Å². The number of nitrogens with one attached hydrogen (secondary N) is 1. The number of morpholine rings is 1. The number of aliphatic hydroxyl groups is 1. The Bertz CT molecular complexity index is 1140. The van der Waals surface area contributed by atoms with Crippen LogP contribution in [-0.4, -0.2) is 71.6 Å². The van der Waals surface area contributed by atoms with Gasteiger partial charge in [-0.15, -0.1) is 0 Å². The SMILES string of the molecule is Cc1noc2nc(-c3ccccc3C(F)(F)F)cc(C(=O)NCC(O)CN3CCOCC3)c12. The van der Waals surface area contributed by atoms with Crippen LogP contribution in [-0.2, 0) is 10.9 Å². The molecule has 2 N–H and O–H groups in total. The maximum absolute atomic E-state index is 13.5. The molecule has 1 aromatic carbocycles. The van der Waals surface area contributed by atoms with Gasteiger partial charge in [0.15, 0.2) is 0 Å². The molecule has 1 amide bonds. The molecule has 11 heteroatoms. The quantitative estimate of drug-likeness (QED) is 0.579. The van der Waals surface area contributed by atoms with Gasteiger partial charge in [0, 0.05) is 31.7 Å². The summed E-state index contributed by atoms with van der Waals surface area (Å²) in [7, 11) is 0. The molecule has 4 rings (SSSR count). The van der Waals surface area contributed by atoms with Gasteiger partial charge in [0.25, 0.3) is 11.6 Å². The largest absolute Gasteiger partial charge is 0.417 e. The highest BCUT2D eigenvalue weighted by molar-refractivity contribution is 6.07. The second-order valence-electron chi connectivity index (χ2n) is 7.82. The summed E-state index contributed by atoms with van der Waals surface area (Å²) in [6.45, 7) is 4.51. The second-order valence-corrected chi connectivity index (χ2v) is 7.82. The fourth-order valence-electron chi connectivity index (χ4n) is 3.82. The minimum absolute atomic E-state index is 0.0290. The molecule has 1 atom stereocenters. The number of hydrogen-bond acceptors (Lipinski definition) is 7. The standard InChI is InChI=1S/C22H23F3N4O4/c1-13-19-16(20(31)26-11-14(30)12-29-6-8-32-9-7-29)10-18(27-21(19)33-28-13)15-4-2-3-5-17(15)22(23,24)25/h2-5,10,14,30H,6-9,11-12H2,1H3,(H,26,31). The number of halogens is 3. The Morgan fingerprint density at radius 1 is 1.27 bits per heavy atom. The molecule has 0 aliphatic carbocycles. The summed E-state index contributed by atoms with van der Waals surface area (Å²) in [5.74, 6) is -0.569. The number of amides is 1. The van der Waals surface area contributed by atoms with E-state index in [0.717, 1.165) is 6.07 Å². The van der Waals surface area contributed by atoms with Gasteiger partial charge in [-0.25, -0.2) is 4.98 Å². The topological polar surface area (TPSA) is 101 Å². The van der Waals surface area contributed by atoms with E-state index in [9.17, 15) is 23.1 Å². The molecular formula is C22H23F3N4O4. The van der Waals surface area contributed by atoms with Gasteiger partial charge in [-0.1, -0.05) is 23.4 Å². The van der Waals surface area contributed by atoms with Gasteiger partial charge in [0.1, 0.15) is 0 Å². The molecule has 0 bridgehead atoms. The molecular weight excluding hydrogens is 441 g/mol. The zero-order chi connectivity index (χ0) is 23.6. The summed E-state index contributed by atoms with van der Waals surface area (Å²) in [4.78, 5) is 19.2. The van der Waals surface area contributed by atoms with Crippen molar-refractivity contribution in [3.8, 4) is 11.3 Å². The third kappa shape index (κ3) is 5.15. The molecule has 2 aromatic heterocycles. The number of hydrogen-bond donors (Lipinski definition) is 2. The highest BCUT2D eigenvalue weighted by atomic mass is 19.4. The lowest BCUT2D eigenvalue weighted by molar-refractivity contribution is -0.137. The first kappa shape index (κ1) is 23.1. The maximum atomic E-state index is 13.5. The number of aromatic nitrogens is 2. The highest BCUT2D eigenvalue weighted by Gasteiger charge is 2.34. The van der Waals surface area contributed by atoms with Crippen molar-refractivity contribution in [2.45, 2.75) is 19.2 Å². The lowest BCUT2D eigenvalue weighted by atomic mass is 10.0. The first-order valence-corrected chi connectivity index (χ1v) is 10.4. The molecule has 1 unspecified atom stereocenters. The lowest BCUT2D eigenvalue weighted by Crippen LogP contribution is -2.44. The van der Waals surface area contributed by atoms with E-state index in [0.29, 0.717) is 43.9 Å². The smallest absolute Gasteiger partial charge is 0.390 e. The zero-order valence-electron chi connectivity index (χ0n) is 17.9. The molecule has 1 saturated heterocycles. The van der Waals surface area contributed by atoms with Crippen molar-refractivity contribution in [1.29, 1.82) is 0 Å². The van der Waals surface area contributed by atoms with Gasteiger partial charge in [0.05, 0.1) is 47.2 Å². The van der Waals surface area contributed by atoms with Gasteiger partial charge in [-0.2, -0.15) is 13.2 Å². The van der Waals surface area contributed by atoms with Crippen LogP contribution in [0.4, 0.5) is 13.2 Å². The predicted molar refractivity (Wildman–Crippen MR) is 113 cm³/mol. The van der Waals surface area contributed by atoms with Gasteiger partial charge in [-0.3, -0.25) is 9.69 Å². The fraction of sp³-hybridized carbons (Fsp3) is 0.409. The summed E-state index contributed by atoms with van der Waals surface area (Å²) in [5, 5.41) is 17.1. The molecule has 0 radical (unpaired) electrons. The van der Waals surface area contributed by atoms with E-state index >= 15 is 0 Å². The minimum atomic E-state index is -4.60. The Morgan fingerprint density at radius 3 is 2.73 bits per heavy atom. The van der Waals surface area contributed by atoms with Crippen molar-refractivity contribution in [1.82, 2.24) is 20.4 Å². The number of pyridine rings is 1. The van der Waals surface area contributed by atoms with Crippen molar-refractivity contribution in [3.63, 3.8) is 0 Å². The van der Waals surface area contributed by atoms with Crippen LogP contribution in [0.5, 0.6) is 0 Å². The molecule has 8 nitrogen and oxygen atoms in total. The number of carbonyl (C=O) groups is 1. The van der Waals surface area contributed by atoms with Crippen molar-refractivity contribution in [2.24, 2.45) is 0 Å². The van der Waals surface area contributed by atoms with Crippen molar-refractivity contribution >= 4 is 17.0 Å². The zero-order valence-corrected chi connectivity index (χ0v) is 17.9. The number of aliphatic hydroxyl groups excluding tert-OH is 1. The van der Waals surface area contributed by atoms with Crippen LogP contribution in [0, 0.1) is 6.92 Å². The normalized spacial score (nSPS) is 16.2. The summed E-state index contributed by atoms with van der Waals surface area (Å²) in [6.07, 6.45) is -5.42. The van der Waals surface area contributed by atoms with E-state index in [-0.39, 0.29) is 29.1 Å². The Labute approximate surface area is 187 Å². The number of fused-ring (bicyclic) bond motifs is 1. The van der Waals surface area contributed by atoms with Gasteiger partial charge >= 0.3 is 6.18 Å². The number of aryl methyl sites for hydroxylation is 1. The number of benzene rings is 1. The fourth-order valence-corrected chi connectivity index (χ4v) is 3.82. The van der Waals surface area contributed by atoms with E-state index in [4.69, 9.17) is 9.26 Å². The average Bonchev–Trinajstić information content (AvgIpc) is 3.17. The Hall–Kier alpha value is -3.02. The van der Waals surface area contributed by atoms with Gasteiger partial charge < -0.3 is 19.7 Å². The first-order chi connectivity index (χ1) is 15.7. The second kappa shape index (κ2) is 9.46. The van der Waals surface area contributed by atoms with Crippen molar-refractivity contribution < 1.29 is 32.3 Å². The average molecular weight is 464 g/mol. The first-order valence-electron chi connectivity index (χ1n) is 10.4. The van der Waals surface area contributed by atoms with Crippen LogP contribution in [0.2, 0.25) is 0 Å². The van der Waals surface area contributed by atoms with E-state index in [1.807, 2.05) is 4.90 Å². The van der Waals surface area contributed by atoms with Crippen LogP contribution < -0.4 is 5.32 Å². The Morgan fingerprint density at radius 2 is 2.00 bits per heavy atom.